The van der Waals surface area contributed by atoms with Gasteiger partial charge in [0, 0.05) is 30.8 Å². The molecule has 0 aliphatic carbocycles. The summed E-state index contributed by atoms with van der Waals surface area (Å²) >= 11 is 0. The first-order valence-electron chi connectivity index (χ1n) is 5.21. The fraction of sp³-hybridized carbons (Fsp3) is 0.455. The molecule has 2 unspecified atom stereocenters. The Kier molecular flexibility index (Phi) is 9.61. The van der Waals surface area contributed by atoms with Crippen LogP contribution in [0.1, 0.15) is 19.4 Å². The van der Waals surface area contributed by atoms with E-state index in [1.54, 1.807) is 26.1 Å². The molecule has 1 amide bonds. The lowest BCUT2D eigenvalue weighted by molar-refractivity contribution is -0.125. The number of pyridine rings is 1. The van der Waals surface area contributed by atoms with Crippen molar-refractivity contribution < 1.29 is 4.79 Å². The Hall–Kier alpha value is -1.04. The zero-order chi connectivity index (χ0) is 12.1. The van der Waals surface area contributed by atoms with Crippen LogP contribution in [0.15, 0.2) is 23.1 Å². The number of H-pyrrole nitrogens is 1. The summed E-state index contributed by atoms with van der Waals surface area (Å²) in [5.74, 6) is -0.302. The Balaban J connectivity index is 0. The van der Waals surface area contributed by atoms with Crippen molar-refractivity contribution in [3.05, 3.63) is 34.2 Å². The second-order valence-corrected chi connectivity index (χ2v) is 3.93. The van der Waals surface area contributed by atoms with Crippen LogP contribution in [-0.2, 0) is 11.3 Å². The molecule has 1 rings (SSSR count). The van der Waals surface area contributed by atoms with Gasteiger partial charge in [-0.25, -0.2) is 0 Å². The number of carbonyl (C=O) groups is 1. The van der Waals surface area contributed by atoms with Crippen molar-refractivity contribution in [3.63, 3.8) is 0 Å². The van der Waals surface area contributed by atoms with E-state index in [0.717, 1.165) is 5.56 Å². The fourth-order valence-electron chi connectivity index (χ4n) is 1.14. The number of aromatic nitrogens is 1. The number of hydrogen-bond donors (Lipinski definition) is 3. The normalized spacial score (nSPS) is 12.6. The van der Waals surface area contributed by atoms with Gasteiger partial charge in [-0.1, -0.05) is 13.0 Å². The molecule has 1 heterocycles. The molecule has 0 aliphatic heterocycles. The van der Waals surface area contributed by atoms with Gasteiger partial charge >= 0.3 is 0 Å². The molecule has 0 aromatic carbocycles. The maximum absolute atomic E-state index is 11.6. The maximum Gasteiger partial charge on any atom is 0.247 e. The summed E-state index contributed by atoms with van der Waals surface area (Å²) in [5, 5.41) is 2.76. The number of aromatic amines is 1. The van der Waals surface area contributed by atoms with E-state index < -0.39 is 0 Å². The van der Waals surface area contributed by atoms with Crippen LogP contribution < -0.4 is 16.6 Å². The topological polar surface area (TPSA) is 88.0 Å². The van der Waals surface area contributed by atoms with E-state index in [2.05, 4.69) is 10.3 Å². The van der Waals surface area contributed by atoms with Gasteiger partial charge in [0.25, 0.3) is 0 Å². The van der Waals surface area contributed by atoms with Crippen LogP contribution in [-0.4, -0.2) is 16.9 Å². The van der Waals surface area contributed by atoms with E-state index in [-0.39, 0.29) is 48.2 Å². The summed E-state index contributed by atoms with van der Waals surface area (Å²) in [7, 11) is 0. The number of carbonyl (C=O) groups excluding carboxylic acids is 1. The standard InChI is InChI=1S/C11H17N3O2.2ClH/c1-7(8(2)12)11(16)14-6-9-3-4-10(15)13-5-9;;/h3-5,7-8H,6,12H2,1-2H3,(H,13,15)(H,14,16);2*1H. The number of amides is 1. The first kappa shape index (κ1) is 19.3. The minimum atomic E-state index is -0.220. The molecule has 0 radical (unpaired) electrons. The lowest BCUT2D eigenvalue weighted by Gasteiger charge is -2.15. The highest BCUT2D eigenvalue weighted by Gasteiger charge is 2.16. The second kappa shape index (κ2) is 8.97. The number of nitrogens with one attached hydrogen (secondary N) is 2. The van der Waals surface area contributed by atoms with Crippen LogP contribution in [0.4, 0.5) is 0 Å². The predicted molar refractivity (Wildman–Crippen MR) is 76.2 cm³/mol. The van der Waals surface area contributed by atoms with Gasteiger partial charge in [-0.2, -0.15) is 0 Å². The van der Waals surface area contributed by atoms with Gasteiger partial charge in [-0.15, -0.1) is 24.8 Å². The van der Waals surface area contributed by atoms with E-state index in [1.165, 1.54) is 6.07 Å². The van der Waals surface area contributed by atoms with Crippen molar-refractivity contribution in [1.82, 2.24) is 10.3 Å². The molecule has 7 heteroatoms. The fourth-order valence-corrected chi connectivity index (χ4v) is 1.14. The Morgan fingerprint density at radius 1 is 1.39 bits per heavy atom. The van der Waals surface area contributed by atoms with Gasteiger partial charge in [0.05, 0.1) is 0 Å². The highest BCUT2D eigenvalue weighted by Crippen LogP contribution is 2.00. The third kappa shape index (κ3) is 6.05. The van der Waals surface area contributed by atoms with Gasteiger partial charge in [0.2, 0.25) is 11.5 Å². The monoisotopic (exact) mass is 295 g/mol. The number of rotatable bonds is 4. The minimum absolute atomic E-state index is 0. The summed E-state index contributed by atoms with van der Waals surface area (Å²) in [6, 6.07) is 2.93. The molecular formula is C11H19Cl2N3O2. The molecule has 5 nitrogen and oxygen atoms in total. The van der Waals surface area contributed by atoms with E-state index in [4.69, 9.17) is 5.73 Å². The van der Waals surface area contributed by atoms with Crippen molar-refractivity contribution in [1.29, 1.82) is 0 Å². The van der Waals surface area contributed by atoms with Gasteiger partial charge in [0.15, 0.2) is 0 Å². The van der Waals surface area contributed by atoms with E-state index >= 15 is 0 Å². The molecule has 4 N–H and O–H groups in total. The van der Waals surface area contributed by atoms with Crippen LogP contribution in [0, 0.1) is 5.92 Å². The first-order valence-corrected chi connectivity index (χ1v) is 5.21. The van der Waals surface area contributed by atoms with E-state index in [1.807, 2.05) is 0 Å². The van der Waals surface area contributed by atoms with Crippen LogP contribution in [0.25, 0.3) is 0 Å². The Bertz CT molecular complexity index is 400. The number of halogens is 2. The van der Waals surface area contributed by atoms with Gasteiger partial charge in [-0.3, -0.25) is 9.59 Å². The van der Waals surface area contributed by atoms with Crippen LogP contribution in [0.5, 0.6) is 0 Å². The van der Waals surface area contributed by atoms with Crippen LogP contribution in [0.3, 0.4) is 0 Å². The summed E-state index contributed by atoms with van der Waals surface area (Å²) in [5.41, 5.74) is 6.32. The van der Waals surface area contributed by atoms with Gasteiger partial charge in [-0.05, 0) is 12.5 Å². The zero-order valence-corrected chi connectivity index (χ0v) is 11.9. The molecule has 2 atom stereocenters. The quantitative estimate of drug-likeness (QED) is 0.768. The highest BCUT2D eigenvalue weighted by molar-refractivity contribution is 5.85. The molecule has 104 valence electrons. The summed E-state index contributed by atoms with van der Waals surface area (Å²) in [6.07, 6.45) is 1.58. The molecule has 18 heavy (non-hydrogen) atoms. The molecule has 1 aromatic rings. The van der Waals surface area contributed by atoms with Crippen molar-refractivity contribution in [2.75, 3.05) is 0 Å². The van der Waals surface area contributed by atoms with E-state index in [9.17, 15) is 9.59 Å². The smallest absolute Gasteiger partial charge is 0.247 e. The molecule has 0 spiro atoms. The summed E-state index contributed by atoms with van der Waals surface area (Å²) in [4.78, 5) is 24.9. The average molecular weight is 296 g/mol. The van der Waals surface area contributed by atoms with Gasteiger partial charge < -0.3 is 16.0 Å². The molecule has 0 fully saturated rings. The second-order valence-electron chi connectivity index (χ2n) is 3.93. The third-order valence-corrected chi connectivity index (χ3v) is 2.52. The number of nitrogens with two attached hydrogens (primary N) is 1. The molecule has 0 saturated carbocycles. The van der Waals surface area contributed by atoms with E-state index in [0.29, 0.717) is 6.54 Å². The van der Waals surface area contributed by atoms with Crippen LogP contribution >= 0.6 is 24.8 Å². The Labute approximate surface area is 118 Å². The summed E-state index contributed by atoms with van der Waals surface area (Å²) < 4.78 is 0. The lowest BCUT2D eigenvalue weighted by atomic mass is 10.0. The van der Waals surface area contributed by atoms with Crippen molar-refractivity contribution >= 4 is 30.7 Å². The SMILES string of the molecule is CC(N)C(C)C(=O)NCc1ccc(=O)[nH]c1.Cl.Cl. The predicted octanol–water partition coefficient (Wildman–Crippen LogP) is 0.818. The number of hydrogen-bond acceptors (Lipinski definition) is 3. The molecule has 1 aromatic heterocycles. The first-order chi connectivity index (χ1) is 7.50. The zero-order valence-electron chi connectivity index (χ0n) is 10.3. The third-order valence-electron chi connectivity index (χ3n) is 2.52. The highest BCUT2D eigenvalue weighted by atomic mass is 35.5. The minimum Gasteiger partial charge on any atom is -0.352 e. The summed E-state index contributed by atoms with van der Waals surface area (Å²) in [6.45, 7) is 3.98. The van der Waals surface area contributed by atoms with Crippen LogP contribution in [0.2, 0.25) is 0 Å². The van der Waals surface area contributed by atoms with Crippen molar-refractivity contribution in [2.24, 2.45) is 11.7 Å². The Morgan fingerprint density at radius 3 is 2.44 bits per heavy atom. The molecule has 0 saturated heterocycles. The average Bonchev–Trinajstić information content (AvgIpc) is 2.26. The molecule has 0 aliphatic rings. The van der Waals surface area contributed by atoms with Crippen molar-refractivity contribution in [3.8, 4) is 0 Å². The largest absolute Gasteiger partial charge is 0.352 e. The molecular weight excluding hydrogens is 277 g/mol. The lowest BCUT2D eigenvalue weighted by Crippen LogP contribution is -2.38. The van der Waals surface area contributed by atoms with Gasteiger partial charge in [0.1, 0.15) is 0 Å². The maximum atomic E-state index is 11.6. The Morgan fingerprint density at radius 2 is 2.00 bits per heavy atom. The molecule has 0 bridgehead atoms. The van der Waals surface area contributed by atoms with Crippen molar-refractivity contribution in [2.45, 2.75) is 26.4 Å².